The molecule has 0 fully saturated rings. The second-order valence-corrected chi connectivity index (χ2v) is 5.11. The minimum Gasteiger partial charge on any atom is -0.417 e. The number of carbonyl (C=O) groups excluding carboxylic acids is 1. The van der Waals surface area contributed by atoms with E-state index in [1.165, 1.54) is 16.7 Å². The molecule has 0 aliphatic rings. The van der Waals surface area contributed by atoms with E-state index in [4.69, 9.17) is 5.11 Å². The lowest BCUT2D eigenvalue weighted by atomic mass is 10.3. The SMILES string of the molecule is C=COC(=O)N=c1sc2cc(OC(F)(F)F)ccc2n1CCO. The summed E-state index contributed by atoms with van der Waals surface area (Å²) in [7, 11) is 0. The van der Waals surface area contributed by atoms with E-state index < -0.39 is 12.5 Å². The Kier molecular flexibility index (Phi) is 5.06. The van der Waals surface area contributed by atoms with Gasteiger partial charge in [0.25, 0.3) is 0 Å². The lowest BCUT2D eigenvalue weighted by Crippen LogP contribution is -2.18. The number of aromatic nitrogens is 1. The number of hydrogen-bond donors (Lipinski definition) is 1. The lowest BCUT2D eigenvalue weighted by Gasteiger charge is -2.08. The van der Waals surface area contributed by atoms with Crippen molar-refractivity contribution in [2.75, 3.05) is 6.61 Å². The molecule has 1 heterocycles. The number of rotatable bonds is 4. The molecule has 10 heteroatoms. The molecule has 0 spiro atoms. The highest BCUT2D eigenvalue weighted by Crippen LogP contribution is 2.27. The first kappa shape index (κ1) is 17.0. The largest absolute Gasteiger partial charge is 0.573 e. The molecule has 1 amide bonds. The van der Waals surface area contributed by atoms with Crippen molar-refractivity contribution in [2.24, 2.45) is 4.99 Å². The van der Waals surface area contributed by atoms with Gasteiger partial charge in [-0.3, -0.25) is 0 Å². The predicted molar refractivity (Wildman–Crippen MR) is 75.8 cm³/mol. The minimum absolute atomic E-state index is 0.111. The molecule has 0 saturated carbocycles. The number of aliphatic hydroxyl groups excluding tert-OH is 1. The van der Waals surface area contributed by atoms with E-state index >= 15 is 0 Å². The molecular formula is C13H11F3N2O4S. The number of carbonyl (C=O) groups is 1. The van der Waals surface area contributed by atoms with Gasteiger partial charge in [0.15, 0.2) is 4.80 Å². The van der Waals surface area contributed by atoms with Crippen LogP contribution in [0.15, 0.2) is 36.0 Å². The highest BCUT2D eigenvalue weighted by atomic mass is 32.1. The third-order valence-corrected chi connectivity index (χ3v) is 3.62. The van der Waals surface area contributed by atoms with Crippen molar-refractivity contribution in [1.29, 1.82) is 0 Å². The van der Waals surface area contributed by atoms with Crippen LogP contribution in [-0.4, -0.2) is 28.7 Å². The number of ether oxygens (including phenoxy) is 2. The van der Waals surface area contributed by atoms with E-state index in [1.807, 2.05) is 0 Å². The molecule has 0 atom stereocenters. The number of amides is 1. The van der Waals surface area contributed by atoms with E-state index in [0.29, 0.717) is 10.2 Å². The molecule has 1 aromatic carbocycles. The molecule has 0 saturated heterocycles. The van der Waals surface area contributed by atoms with Gasteiger partial charge in [-0.25, -0.2) is 4.79 Å². The first-order chi connectivity index (χ1) is 10.8. The Bertz CT molecular complexity index is 795. The molecule has 2 rings (SSSR count). The summed E-state index contributed by atoms with van der Waals surface area (Å²) in [4.78, 5) is 15.3. The van der Waals surface area contributed by atoms with E-state index in [0.717, 1.165) is 23.7 Å². The van der Waals surface area contributed by atoms with Crippen molar-refractivity contribution < 1.29 is 32.5 Å². The van der Waals surface area contributed by atoms with Crippen molar-refractivity contribution in [3.05, 3.63) is 35.8 Å². The number of thiazole rings is 1. The molecule has 0 radical (unpaired) electrons. The summed E-state index contributed by atoms with van der Waals surface area (Å²) in [6.45, 7) is 3.09. The Hall–Kier alpha value is -2.33. The predicted octanol–water partition coefficient (Wildman–Crippen LogP) is 2.77. The number of fused-ring (bicyclic) bond motifs is 1. The number of halogens is 3. The zero-order valence-electron chi connectivity index (χ0n) is 11.5. The summed E-state index contributed by atoms with van der Waals surface area (Å²) in [6.07, 6.45) is -4.82. The number of alkyl halides is 3. The van der Waals surface area contributed by atoms with Gasteiger partial charge in [0.1, 0.15) is 5.75 Å². The van der Waals surface area contributed by atoms with Gasteiger partial charge in [0.2, 0.25) is 0 Å². The van der Waals surface area contributed by atoms with Gasteiger partial charge in [0.05, 0.1) is 23.1 Å². The number of hydrogen-bond acceptors (Lipinski definition) is 5. The maximum absolute atomic E-state index is 12.3. The second-order valence-electron chi connectivity index (χ2n) is 4.10. The monoisotopic (exact) mass is 348 g/mol. The van der Waals surface area contributed by atoms with Crippen LogP contribution in [0.2, 0.25) is 0 Å². The van der Waals surface area contributed by atoms with Crippen molar-refractivity contribution in [1.82, 2.24) is 4.57 Å². The Balaban J connectivity index is 2.53. The first-order valence-electron chi connectivity index (χ1n) is 6.20. The van der Waals surface area contributed by atoms with Gasteiger partial charge >= 0.3 is 12.5 Å². The fourth-order valence-electron chi connectivity index (χ4n) is 1.83. The van der Waals surface area contributed by atoms with Crippen molar-refractivity contribution in [3.8, 4) is 5.75 Å². The summed E-state index contributed by atoms with van der Waals surface area (Å²) < 4.78 is 47.0. The Morgan fingerprint density at radius 3 is 2.83 bits per heavy atom. The Morgan fingerprint density at radius 1 is 1.48 bits per heavy atom. The van der Waals surface area contributed by atoms with Crippen molar-refractivity contribution in [2.45, 2.75) is 12.9 Å². The van der Waals surface area contributed by atoms with Crippen LogP contribution in [-0.2, 0) is 11.3 Å². The average molecular weight is 348 g/mol. The summed E-state index contributed by atoms with van der Waals surface area (Å²) >= 11 is 0.961. The van der Waals surface area contributed by atoms with E-state index in [1.54, 1.807) is 0 Å². The second kappa shape index (κ2) is 6.84. The zero-order chi connectivity index (χ0) is 17.0. The van der Waals surface area contributed by atoms with Crippen LogP contribution in [0.5, 0.6) is 5.75 Å². The first-order valence-corrected chi connectivity index (χ1v) is 7.02. The van der Waals surface area contributed by atoms with Crippen LogP contribution in [0.4, 0.5) is 18.0 Å². The van der Waals surface area contributed by atoms with E-state index in [9.17, 15) is 18.0 Å². The van der Waals surface area contributed by atoms with Crippen LogP contribution >= 0.6 is 11.3 Å². The van der Waals surface area contributed by atoms with Gasteiger partial charge in [-0.05, 0) is 18.2 Å². The summed E-state index contributed by atoms with van der Waals surface area (Å²) in [5.74, 6) is -0.386. The zero-order valence-corrected chi connectivity index (χ0v) is 12.4. The quantitative estimate of drug-likeness (QED) is 0.863. The van der Waals surface area contributed by atoms with Crippen molar-refractivity contribution >= 4 is 27.6 Å². The normalized spacial score (nSPS) is 12.4. The molecule has 23 heavy (non-hydrogen) atoms. The summed E-state index contributed by atoms with van der Waals surface area (Å²) in [5, 5.41) is 9.10. The minimum atomic E-state index is -4.80. The number of nitrogens with zero attached hydrogens (tertiary/aromatic N) is 2. The van der Waals surface area contributed by atoms with Gasteiger partial charge in [0, 0.05) is 6.54 Å². The van der Waals surface area contributed by atoms with Gasteiger partial charge in [-0.15, -0.1) is 18.2 Å². The summed E-state index contributed by atoms with van der Waals surface area (Å²) in [6, 6.07) is 3.71. The van der Waals surface area contributed by atoms with Crippen molar-refractivity contribution in [3.63, 3.8) is 0 Å². The summed E-state index contributed by atoms with van der Waals surface area (Å²) in [5.41, 5.74) is 0.503. The average Bonchev–Trinajstić information content (AvgIpc) is 2.75. The Labute approximate surface area is 131 Å². The highest BCUT2D eigenvalue weighted by molar-refractivity contribution is 7.16. The molecule has 1 N–H and O–H groups in total. The van der Waals surface area contributed by atoms with Crippen LogP contribution in [0.3, 0.4) is 0 Å². The number of aliphatic hydroxyl groups is 1. The molecule has 0 bridgehead atoms. The lowest BCUT2D eigenvalue weighted by molar-refractivity contribution is -0.274. The molecule has 0 aliphatic carbocycles. The van der Waals surface area contributed by atoms with Gasteiger partial charge in [-0.2, -0.15) is 0 Å². The molecule has 2 aromatic rings. The van der Waals surface area contributed by atoms with Gasteiger partial charge < -0.3 is 19.1 Å². The fraction of sp³-hybridized carbons (Fsp3) is 0.231. The molecule has 6 nitrogen and oxygen atoms in total. The van der Waals surface area contributed by atoms with E-state index in [2.05, 4.69) is 21.0 Å². The topological polar surface area (TPSA) is 73.0 Å². The smallest absolute Gasteiger partial charge is 0.417 e. The van der Waals surface area contributed by atoms with Crippen LogP contribution < -0.4 is 9.54 Å². The van der Waals surface area contributed by atoms with Crippen LogP contribution in [0, 0.1) is 0 Å². The third-order valence-electron chi connectivity index (χ3n) is 2.58. The molecule has 1 aromatic heterocycles. The molecule has 124 valence electrons. The maximum Gasteiger partial charge on any atom is 0.573 e. The molecule has 0 aliphatic heterocycles. The molecule has 0 unspecified atom stereocenters. The third kappa shape index (κ3) is 4.33. The maximum atomic E-state index is 12.3. The van der Waals surface area contributed by atoms with Crippen LogP contribution in [0.1, 0.15) is 0 Å². The van der Waals surface area contributed by atoms with Crippen LogP contribution in [0.25, 0.3) is 10.2 Å². The fourth-order valence-corrected chi connectivity index (χ4v) is 2.90. The standard InChI is InChI=1S/C13H11F3N2O4S/c1-2-21-12(20)17-11-18(5-6-19)9-4-3-8(7-10(9)23-11)22-13(14,15)16/h2-4,7,19H,1,5-6H2. The Morgan fingerprint density at radius 2 is 2.22 bits per heavy atom. The van der Waals surface area contributed by atoms with E-state index in [-0.39, 0.29) is 23.7 Å². The highest BCUT2D eigenvalue weighted by Gasteiger charge is 2.31. The molecular weight excluding hydrogens is 337 g/mol. The van der Waals surface area contributed by atoms with Gasteiger partial charge in [-0.1, -0.05) is 17.9 Å². The number of benzene rings is 1.